The van der Waals surface area contributed by atoms with Crippen LogP contribution in [-0.2, 0) is 4.74 Å². The van der Waals surface area contributed by atoms with Crippen LogP contribution in [0.3, 0.4) is 0 Å². The lowest BCUT2D eigenvalue weighted by molar-refractivity contribution is 0.0933. The zero-order chi connectivity index (χ0) is 9.68. The molecule has 1 rings (SSSR count). The Morgan fingerprint density at radius 1 is 1.38 bits per heavy atom. The third-order valence-corrected chi connectivity index (χ3v) is 2.72. The molecule has 1 aliphatic rings. The van der Waals surface area contributed by atoms with Crippen LogP contribution in [0.25, 0.3) is 0 Å². The molecular formula is C8H19N3OS. The van der Waals surface area contributed by atoms with Crippen molar-refractivity contribution in [2.45, 2.75) is 5.50 Å². The zero-order valence-corrected chi connectivity index (χ0v) is 9.04. The van der Waals surface area contributed by atoms with Crippen molar-refractivity contribution < 1.29 is 4.74 Å². The third-order valence-electron chi connectivity index (χ3n) is 2.39. The molecule has 0 aromatic heterocycles. The minimum absolute atomic E-state index is 0.107. The van der Waals surface area contributed by atoms with E-state index < -0.39 is 0 Å². The molecule has 1 fully saturated rings. The quantitative estimate of drug-likeness (QED) is 0.476. The van der Waals surface area contributed by atoms with E-state index in [2.05, 4.69) is 22.4 Å². The molecular weight excluding hydrogens is 186 g/mol. The zero-order valence-electron chi connectivity index (χ0n) is 8.15. The Kier molecular flexibility index (Phi) is 5.05. The number of methoxy groups -OCH3 is 1. The summed E-state index contributed by atoms with van der Waals surface area (Å²) in [5, 5.41) is 0. The summed E-state index contributed by atoms with van der Waals surface area (Å²) in [6, 6.07) is 0. The smallest absolute Gasteiger partial charge is 0.103 e. The van der Waals surface area contributed by atoms with Gasteiger partial charge in [-0.05, 0) is 0 Å². The molecule has 2 N–H and O–H groups in total. The van der Waals surface area contributed by atoms with E-state index in [1.807, 2.05) is 0 Å². The second-order valence-electron chi connectivity index (χ2n) is 3.28. The Morgan fingerprint density at radius 2 is 2.00 bits per heavy atom. The number of hydrogen-bond donors (Lipinski definition) is 2. The lowest BCUT2D eigenvalue weighted by Crippen LogP contribution is -2.51. The van der Waals surface area contributed by atoms with Gasteiger partial charge in [-0.3, -0.25) is 9.80 Å². The molecule has 1 atom stereocenters. The number of hydrogen-bond acceptors (Lipinski definition) is 5. The first-order valence-corrected chi connectivity index (χ1v) is 5.14. The molecule has 0 bridgehead atoms. The number of nitrogens with two attached hydrogens (primary N) is 1. The van der Waals surface area contributed by atoms with Crippen molar-refractivity contribution >= 4 is 12.6 Å². The molecule has 1 aliphatic heterocycles. The van der Waals surface area contributed by atoms with Gasteiger partial charge in [0.15, 0.2) is 0 Å². The number of ether oxygens (including phenoxy) is 1. The monoisotopic (exact) mass is 205 g/mol. The lowest BCUT2D eigenvalue weighted by atomic mass is 10.3. The van der Waals surface area contributed by atoms with Crippen LogP contribution in [0.5, 0.6) is 0 Å². The molecule has 78 valence electrons. The van der Waals surface area contributed by atoms with Crippen LogP contribution in [0.4, 0.5) is 0 Å². The molecule has 1 saturated heterocycles. The Bertz CT molecular complexity index is 137. The molecule has 5 heteroatoms. The van der Waals surface area contributed by atoms with E-state index in [1.54, 1.807) is 7.11 Å². The molecule has 0 saturated carbocycles. The van der Waals surface area contributed by atoms with Crippen LogP contribution in [-0.4, -0.2) is 61.7 Å². The summed E-state index contributed by atoms with van der Waals surface area (Å²) < 4.78 is 5.02. The summed E-state index contributed by atoms with van der Waals surface area (Å²) in [6.45, 7) is 5.98. The highest BCUT2D eigenvalue weighted by molar-refractivity contribution is 7.80. The molecule has 0 radical (unpaired) electrons. The summed E-state index contributed by atoms with van der Waals surface area (Å²) >= 11 is 4.20. The first-order chi connectivity index (χ1) is 6.24. The van der Waals surface area contributed by atoms with Crippen molar-refractivity contribution in [2.75, 3.05) is 46.4 Å². The minimum atomic E-state index is -0.107. The fourth-order valence-electron chi connectivity index (χ4n) is 1.47. The standard InChI is InChI=1S/C8H19N3OS/c1-12-7-6-10-2-4-11(5-3-10)8(9)13/h8,13H,2-7,9H2,1H3. The van der Waals surface area contributed by atoms with Crippen LogP contribution < -0.4 is 5.73 Å². The van der Waals surface area contributed by atoms with Gasteiger partial charge in [0.25, 0.3) is 0 Å². The number of nitrogens with zero attached hydrogens (tertiary/aromatic N) is 2. The van der Waals surface area contributed by atoms with Crippen molar-refractivity contribution in [1.29, 1.82) is 0 Å². The topological polar surface area (TPSA) is 41.7 Å². The van der Waals surface area contributed by atoms with Crippen molar-refractivity contribution in [3.05, 3.63) is 0 Å². The van der Waals surface area contributed by atoms with Crippen molar-refractivity contribution in [3.8, 4) is 0 Å². The third kappa shape index (κ3) is 3.83. The van der Waals surface area contributed by atoms with Crippen LogP contribution in [0, 0.1) is 0 Å². The van der Waals surface area contributed by atoms with E-state index >= 15 is 0 Å². The summed E-state index contributed by atoms with van der Waals surface area (Å²) in [6.07, 6.45) is 0. The van der Waals surface area contributed by atoms with Gasteiger partial charge < -0.3 is 10.5 Å². The van der Waals surface area contributed by atoms with Gasteiger partial charge in [0.05, 0.1) is 6.61 Å². The SMILES string of the molecule is COCCN1CCN(C(N)S)CC1. The minimum Gasteiger partial charge on any atom is -0.383 e. The van der Waals surface area contributed by atoms with E-state index in [0.29, 0.717) is 0 Å². The Labute approximate surface area is 85.4 Å². The molecule has 13 heavy (non-hydrogen) atoms. The Hall–Kier alpha value is 0.190. The van der Waals surface area contributed by atoms with Gasteiger partial charge >= 0.3 is 0 Å². The van der Waals surface area contributed by atoms with Gasteiger partial charge in [-0.2, -0.15) is 0 Å². The summed E-state index contributed by atoms with van der Waals surface area (Å²) in [5.41, 5.74) is 5.55. The Morgan fingerprint density at radius 3 is 2.46 bits per heavy atom. The molecule has 0 aromatic carbocycles. The first kappa shape index (κ1) is 11.3. The average Bonchev–Trinajstić information content (AvgIpc) is 2.15. The molecule has 0 spiro atoms. The molecule has 0 aliphatic carbocycles. The van der Waals surface area contributed by atoms with E-state index in [-0.39, 0.29) is 5.50 Å². The van der Waals surface area contributed by atoms with Gasteiger partial charge in [0.2, 0.25) is 0 Å². The van der Waals surface area contributed by atoms with Gasteiger partial charge in [-0.1, -0.05) is 0 Å². The second kappa shape index (κ2) is 5.82. The highest BCUT2D eigenvalue weighted by atomic mass is 32.1. The van der Waals surface area contributed by atoms with E-state index in [0.717, 1.165) is 39.3 Å². The maximum absolute atomic E-state index is 5.66. The van der Waals surface area contributed by atoms with Crippen LogP contribution in [0.2, 0.25) is 0 Å². The van der Waals surface area contributed by atoms with E-state index in [9.17, 15) is 0 Å². The van der Waals surface area contributed by atoms with Crippen LogP contribution in [0.1, 0.15) is 0 Å². The van der Waals surface area contributed by atoms with Crippen molar-refractivity contribution in [1.82, 2.24) is 9.80 Å². The Balaban J connectivity index is 2.15. The van der Waals surface area contributed by atoms with E-state index in [1.165, 1.54) is 0 Å². The largest absolute Gasteiger partial charge is 0.383 e. The number of piperazine rings is 1. The van der Waals surface area contributed by atoms with Crippen LogP contribution >= 0.6 is 12.6 Å². The second-order valence-corrected chi connectivity index (χ2v) is 3.81. The average molecular weight is 205 g/mol. The normalized spacial score (nSPS) is 23.3. The van der Waals surface area contributed by atoms with Gasteiger partial charge in [-0.25, -0.2) is 0 Å². The summed E-state index contributed by atoms with van der Waals surface area (Å²) in [5.74, 6) is 0. The van der Waals surface area contributed by atoms with Gasteiger partial charge in [0, 0.05) is 39.8 Å². The van der Waals surface area contributed by atoms with E-state index in [4.69, 9.17) is 10.5 Å². The molecule has 4 nitrogen and oxygen atoms in total. The summed E-state index contributed by atoms with van der Waals surface area (Å²) in [4.78, 5) is 4.56. The predicted molar refractivity (Wildman–Crippen MR) is 56.9 cm³/mol. The highest BCUT2D eigenvalue weighted by Crippen LogP contribution is 2.04. The molecule has 0 aromatic rings. The summed E-state index contributed by atoms with van der Waals surface area (Å²) in [7, 11) is 1.74. The first-order valence-electron chi connectivity index (χ1n) is 4.63. The van der Waals surface area contributed by atoms with Crippen molar-refractivity contribution in [2.24, 2.45) is 5.73 Å². The number of thiol groups is 1. The molecule has 1 unspecified atom stereocenters. The molecule has 1 heterocycles. The highest BCUT2D eigenvalue weighted by Gasteiger charge is 2.18. The van der Waals surface area contributed by atoms with Crippen molar-refractivity contribution in [3.63, 3.8) is 0 Å². The van der Waals surface area contributed by atoms with Gasteiger partial charge in [-0.15, -0.1) is 12.6 Å². The number of rotatable bonds is 4. The fourth-order valence-corrected chi connectivity index (χ4v) is 1.70. The lowest BCUT2D eigenvalue weighted by Gasteiger charge is -2.36. The maximum Gasteiger partial charge on any atom is 0.103 e. The fraction of sp³-hybridized carbons (Fsp3) is 1.00. The van der Waals surface area contributed by atoms with Gasteiger partial charge in [0.1, 0.15) is 5.50 Å². The van der Waals surface area contributed by atoms with Crippen LogP contribution in [0.15, 0.2) is 0 Å². The maximum atomic E-state index is 5.66. The predicted octanol–water partition coefficient (Wildman–Crippen LogP) is -0.577. The molecule has 0 amide bonds.